The number of anilines is 1. The number of methoxy groups -OCH3 is 1. The van der Waals surface area contributed by atoms with E-state index in [1.54, 1.807) is 11.4 Å². The van der Waals surface area contributed by atoms with Crippen LogP contribution in [-0.4, -0.2) is 41.7 Å². The smallest absolute Gasteiger partial charge is 0.350 e. The summed E-state index contributed by atoms with van der Waals surface area (Å²) in [5.41, 5.74) is 0.310. The average Bonchev–Trinajstić information content (AvgIpc) is 3.45. The van der Waals surface area contributed by atoms with Crippen LogP contribution in [0.3, 0.4) is 0 Å². The van der Waals surface area contributed by atoms with Gasteiger partial charge in [-0.3, -0.25) is 9.59 Å². The molecule has 9 nitrogen and oxygen atoms in total. The van der Waals surface area contributed by atoms with Gasteiger partial charge in [0.05, 0.1) is 24.1 Å². The first-order valence-electron chi connectivity index (χ1n) is 8.04. The van der Waals surface area contributed by atoms with E-state index in [0.29, 0.717) is 17.4 Å². The van der Waals surface area contributed by atoms with Crippen LogP contribution in [0.5, 0.6) is 0 Å². The maximum Gasteiger partial charge on any atom is 0.350 e. The summed E-state index contributed by atoms with van der Waals surface area (Å²) in [6.45, 7) is -0.473. The van der Waals surface area contributed by atoms with Gasteiger partial charge in [-0.05, 0) is 22.9 Å². The molecule has 11 heteroatoms. The number of aryl methyl sites for hydroxylation is 1. The van der Waals surface area contributed by atoms with Crippen LogP contribution in [0.15, 0.2) is 33.5 Å². The number of rotatable bonds is 8. The highest BCUT2D eigenvalue weighted by atomic mass is 32.1. The van der Waals surface area contributed by atoms with E-state index < -0.39 is 24.5 Å². The van der Waals surface area contributed by atoms with E-state index in [-0.39, 0.29) is 17.7 Å². The molecule has 0 radical (unpaired) electrons. The maximum atomic E-state index is 11.9. The summed E-state index contributed by atoms with van der Waals surface area (Å²) in [6, 6.07) is 5.31. The molecule has 0 fully saturated rings. The third kappa shape index (κ3) is 5.02. The molecule has 0 spiro atoms. The van der Waals surface area contributed by atoms with Crippen LogP contribution in [-0.2, 0) is 25.5 Å². The van der Waals surface area contributed by atoms with Gasteiger partial charge in [-0.1, -0.05) is 11.2 Å². The van der Waals surface area contributed by atoms with Gasteiger partial charge in [0.25, 0.3) is 5.91 Å². The molecule has 3 rings (SSSR count). The van der Waals surface area contributed by atoms with Gasteiger partial charge in [0.15, 0.2) is 6.61 Å². The Morgan fingerprint density at radius 3 is 2.82 bits per heavy atom. The molecule has 0 saturated carbocycles. The second-order valence-electron chi connectivity index (χ2n) is 5.35. The van der Waals surface area contributed by atoms with E-state index in [1.165, 1.54) is 18.4 Å². The van der Waals surface area contributed by atoms with Crippen LogP contribution in [0.1, 0.15) is 22.0 Å². The van der Waals surface area contributed by atoms with Gasteiger partial charge in [-0.15, -0.1) is 22.7 Å². The standard InChI is InChI=1S/C17H15N3O6S2/c1-24-17(23)15-10(6-8-28-15)18-12(21)9-25-14(22)5-4-13-19-16(20-26-13)11-3-2-7-27-11/h2-3,6-8H,4-5,9H2,1H3,(H,18,21). The molecule has 0 aliphatic rings. The molecule has 0 saturated heterocycles. The van der Waals surface area contributed by atoms with Gasteiger partial charge in [-0.25, -0.2) is 4.79 Å². The van der Waals surface area contributed by atoms with Crippen molar-refractivity contribution in [3.05, 3.63) is 39.7 Å². The molecule has 0 aliphatic heterocycles. The van der Waals surface area contributed by atoms with Crippen LogP contribution in [0.25, 0.3) is 10.7 Å². The largest absolute Gasteiger partial charge is 0.465 e. The van der Waals surface area contributed by atoms with Gasteiger partial charge < -0.3 is 19.3 Å². The molecule has 0 aromatic carbocycles. The Hall–Kier alpha value is -3.05. The molecule has 28 heavy (non-hydrogen) atoms. The van der Waals surface area contributed by atoms with E-state index in [2.05, 4.69) is 20.2 Å². The summed E-state index contributed by atoms with van der Waals surface area (Å²) in [6.07, 6.45) is 0.195. The van der Waals surface area contributed by atoms with Gasteiger partial charge >= 0.3 is 11.9 Å². The Morgan fingerprint density at radius 2 is 2.07 bits per heavy atom. The Balaban J connectivity index is 1.42. The number of amides is 1. The number of hydrogen-bond donors (Lipinski definition) is 1. The monoisotopic (exact) mass is 421 g/mol. The van der Waals surface area contributed by atoms with Crippen molar-refractivity contribution < 1.29 is 28.4 Å². The summed E-state index contributed by atoms with van der Waals surface area (Å²) in [5.74, 6) is -0.913. The molecular weight excluding hydrogens is 406 g/mol. The predicted octanol–water partition coefficient (Wildman–Crippen LogP) is 2.76. The zero-order chi connectivity index (χ0) is 19.9. The molecule has 146 valence electrons. The number of hydrogen-bond acceptors (Lipinski definition) is 10. The first-order valence-corrected chi connectivity index (χ1v) is 9.80. The van der Waals surface area contributed by atoms with Crippen molar-refractivity contribution in [2.24, 2.45) is 0 Å². The van der Waals surface area contributed by atoms with Crippen molar-refractivity contribution in [3.8, 4) is 10.7 Å². The lowest BCUT2D eigenvalue weighted by atomic mass is 10.3. The second-order valence-corrected chi connectivity index (χ2v) is 7.22. The fraction of sp³-hybridized carbons (Fsp3) is 0.235. The highest BCUT2D eigenvalue weighted by Crippen LogP contribution is 2.23. The molecule has 3 heterocycles. The normalized spacial score (nSPS) is 10.5. The summed E-state index contributed by atoms with van der Waals surface area (Å²) < 4.78 is 14.7. The minimum Gasteiger partial charge on any atom is -0.465 e. The third-order valence-corrected chi connectivity index (χ3v) is 5.19. The van der Waals surface area contributed by atoms with E-state index in [0.717, 1.165) is 16.2 Å². The Kier molecular flexibility index (Phi) is 6.50. The molecule has 1 amide bonds. The Morgan fingerprint density at radius 1 is 1.21 bits per heavy atom. The van der Waals surface area contributed by atoms with Gasteiger partial charge in [0.1, 0.15) is 4.88 Å². The van der Waals surface area contributed by atoms with Crippen molar-refractivity contribution in [2.45, 2.75) is 12.8 Å². The van der Waals surface area contributed by atoms with Crippen molar-refractivity contribution in [1.29, 1.82) is 0 Å². The molecule has 3 aromatic rings. The maximum absolute atomic E-state index is 11.9. The van der Waals surface area contributed by atoms with Crippen molar-refractivity contribution in [3.63, 3.8) is 0 Å². The molecule has 3 aromatic heterocycles. The number of carbonyl (C=O) groups excluding carboxylic acids is 3. The van der Waals surface area contributed by atoms with E-state index in [9.17, 15) is 14.4 Å². The summed E-state index contributed by atoms with van der Waals surface area (Å²) in [4.78, 5) is 40.6. The quantitative estimate of drug-likeness (QED) is 0.551. The lowest BCUT2D eigenvalue weighted by molar-refractivity contribution is -0.147. The van der Waals surface area contributed by atoms with Gasteiger partial charge in [-0.2, -0.15) is 4.98 Å². The lowest BCUT2D eigenvalue weighted by Gasteiger charge is -2.06. The third-order valence-electron chi connectivity index (χ3n) is 3.43. The Labute approximate surface area is 167 Å². The van der Waals surface area contributed by atoms with Crippen molar-refractivity contribution in [2.75, 3.05) is 19.0 Å². The summed E-state index contributed by atoms with van der Waals surface area (Å²) in [7, 11) is 1.25. The number of nitrogens with zero attached hydrogens (tertiary/aromatic N) is 2. The average molecular weight is 421 g/mol. The van der Waals surface area contributed by atoms with Gasteiger partial charge in [0, 0.05) is 6.42 Å². The SMILES string of the molecule is COC(=O)c1sccc1NC(=O)COC(=O)CCc1nc(-c2cccs2)no1. The molecular formula is C17H15N3O6S2. The van der Waals surface area contributed by atoms with Crippen molar-refractivity contribution >= 4 is 46.2 Å². The zero-order valence-corrected chi connectivity index (χ0v) is 16.3. The topological polar surface area (TPSA) is 121 Å². The number of aromatic nitrogens is 2. The van der Waals surface area contributed by atoms with Gasteiger partial charge in [0.2, 0.25) is 11.7 Å². The van der Waals surface area contributed by atoms with Crippen LogP contribution in [0.4, 0.5) is 5.69 Å². The van der Waals surface area contributed by atoms with Crippen LogP contribution < -0.4 is 5.32 Å². The lowest BCUT2D eigenvalue weighted by Crippen LogP contribution is -2.21. The fourth-order valence-corrected chi connectivity index (χ4v) is 3.55. The predicted molar refractivity (Wildman–Crippen MR) is 101 cm³/mol. The highest BCUT2D eigenvalue weighted by molar-refractivity contribution is 7.13. The van der Waals surface area contributed by atoms with Crippen molar-refractivity contribution in [1.82, 2.24) is 10.1 Å². The number of carbonyl (C=O) groups is 3. The summed E-state index contributed by atoms with van der Waals surface area (Å²) >= 11 is 2.62. The molecule has 0 bridgehead atoms. The van der Waals surface area contributed by atoms with Crippen LogP contribution in [0.2, 0.25) is 0 Å². The first kappa shape index (κ1) is 19.7. The number of thiophene rings is 2. The Bertz CT molecular complexity index is 963. The minimum atomic E-state index is -0.579. The number of esters is 2. The van der Waals surface area contributed by atoms with Crippen LogP contribution >= 0.6 is 22.7 Å². The molecule has 0 unspecified atom stereocenters. The van der Waals surface area contributed by atoms with E-state index in [4.69, 9.17) is 9.26 Å². The minimum absolute atomic E-state index is 0.00871. The van der Waals surface area contributed by atoms with Crippen LogP contribution in [0, 0.1) is 0 Å². The second kappa shape index (κ2) is 9.24. The van der Waals surface area contributed by atoms with E-state index >= 15 is 0 Å². The number of nitrogens with one attached hydrogen (secondary N) is 1. The number of ether oxygens (including phenoxy) is 2. The fourth-order valence-electron chi connectivity index (χ4n) is 2.13. The first-order chi connectivity index (χ1) is 13.6. The highest BCUT2D eigenvalue weighted by Gasteiger charge is 2.17. The summed E-state index contributed by atoms with van der Waals surface area (Å²) in [5, 5.41) is 9.90. The molecule has 0 aliphatic carbocycles. The molecule has 1 N–H and O–H groups in total. The molecule has 0 atom stereocenters. The van der Waals surface area contributed by atoms with E-state index in [1.807, 2.05) is 17.5 Å². The zero-order valence-electron chi connectivity index (χ0n) is 14.7.